The van der Waals surface area contributed by atoms with E-state index in [9.17, 15) is 9.59 Å². The summed E-state index contributed by atoms with van der Waals surface area (Å²) in [5, 5.41) is 8.85. The van der Waals surface area contributed by atoms with Crippen molar-refractivity contribution < 1.29 is 19.1 Å². The van der Waals surface area contributed by atoms with Gasteiger partial charge in [-0.15, -0.1) is 0 Å². The molecule has 1 fully saturated rings. The van der Waals surface area contributed by atoms with Gasteiger partial charge >= 0.3 is 5.97 Å². The summed E-state index contributed by atoms with van der Waals surface area (Å²) < 4.78 is 5.10. The summed E-state index contributed by atoms with van der Waals surface area (Å²) >= 11 is 0. The molecular weight excluding hydrogens is 246 g/mol. The Balaban J connectivity index is 2.18. The van der Waals surface area contributed by atoms with Gasteiger partial charge in [0.25, 0.3) is 5.91 Å². The Bertz CT molecular complexity index is 478. The molecule has 5 nitrogen and oxygen atoms in total. The van der Waals surface area contributed by atoms with Gasteiger partial charge in [-0.1, -0.05) is 13.8 Å². The fraction of sp³-hybridized carbons (Fsp3) is 0.571. The monoisotopic (exact) mass is 265 g/mol. The Morgan fingerprint density at radius 1 is 1.42 bits per heavy atom. The van der Waals surface area contributed by atoms with E-state index in [1.165, 1.54) is 6.07 Å². The molecule has 0 spiro atoms. The lowest BCUT2D eigenvalue weighted by atomic mass is 9.92. The summed E-state index contributed by atoms with van der Waals surface area (Å²) in [6.07, 6.45) is 4.23. The second-order valence-electron chi connectivity index (χ2n) is 5.31. The molecule has 104 valence electrons. The molecule has 0 radical (unpaired) electrons. The highest BCUT2D eigenvalue weighted by Crippen LogP contribution is 2.25. The van der Waals surface area contributed by atoms with Crippen LogP contribution < -0.4 is 0 Å². The van der Waals surface area contributed by atoms with Crippen molar-refractivity contribution in [3.8, 4) is 0 Å². The zero-order valence-corrected chi connectivity index (χ0v) is 11.3. The lowest BCUT2D eigenvalue weighted by Gasteiger charge is -2.37. The zero-order chi connectivity index (χ0) is 14.0. The van der Waals surface area contributed by atoms with Crippen molar-refractivity contribution in [1.82, 2.24) is 4.90 Å². The van der Waals surface area contributed by atoms with Gasteiger partial charge in [0, 0.05) is 18.7 Å². The standard InChI is InChI=1S/C14H19NO4/c1-9(2)11-5-3-4-6-15(11)13(16)12-7-10(8-19-12)14(17)18/h7-9,11H,3-6H2,1-2H3,(H,17,18). The van der Waals surface area contributed by atoms with Gasteiger partial charge in [0.1, 0.15) is 6.26 Å². The molecule has 1 N–H and O–H groups in total. The molecule has 0 saturated carbocycles. The fourth-order valence-corrected chi connectivity index (χ4v) is 2.60. The Morgan fingerprint density at radius 2 is 2.16 bits per heavy atom. The predicted octanol–water partition coefficient (Wildman–Crippen LogP) is 2.63. The molecule has 1 atom stereocenters. The van der Waals surface area contributed by atoms with Crippen LogP contribution in [0.2, 0.25) is 0 Å². The molecule has 1 saturated heterocycles. The van der Waals surface area contributed by atoms with Gasteiger partial charge in [0.15, 0.2) is 5.76 Å². The molecule has 0 aromatic carbocycles. The van der Waals surface area contributed by atoms with E-state index >= 15 is 0 Å². The number of carbonyl (C=O) groups is 2. The van der Waals surface area contributed by atoms with Gasteiger partial charge in [-0.05, 0) is 25.2 Å². The SMILES string of the molecule is CC(C)C1CCCCN1C(=O)c1cc(C(=O)O)co1. The number of nitrogens with zero attached hydrogens (tertiary/aromatic N) is 1. The maximum Gasteiger partial charge on any atom is 0.338 e. The van der Waals surface area contributed by atoms with Crippen molar-refractivity contribution in [2.75, 3.05) is 6.54 Å². The Hall–Kier alpha value is -1.78. The second-order valence-corrected chi connectivity index (χ2v) is 5.31. The van der Waals surface area contributed by atoms with E-state index in [4.69, 9.17) is 9.52 Å². The molecule has 1 unspecified atom stereocenters. The van der Waals surface area contributed by atoms with E-state index in [0.29, 0.717) is 12.5 Å². The van der Waals surface area contributed by atoms with Crippen LogP contribution in [0.15, 0.2) is 16.7 Å². The number of hydrogen-bond acceptors (Lipinski definition) is 3. The highest BCUT2D eigenvalue weighted by atomic mass is 16.4. The number of piperidine rings is 1. The molecule has 1 aromatic rings. The first-order valence-electron chi connectivity index (χ1n) is 6.63. The third-order valence-electron chi connectivity index (χ3n) is 3.64. The lowest BCUT2D eigenvalue weighted by Crippen LogP contribution is -2.46. The summed E-state index contributed by atoms with van der Waals surface area (Å²) in [4.78, 5) is 25.0. The van der Waals surface area contributed by atoms with E-state index in [0.717, 1.165) is 25.5 Å². The lowest BCUT2D eigenvalue weighted by molar-refractivity contribution is 0.0511. The predicted molar refractivity (Wildman–Crippen MR) is 69.2 cm³/mol. The number of rotatable bonds is 3. The van der Waals surface area contributed by atoms with Gasteiger partial charge in [0.05, 0.1) is 5.56 Å². The summed E-state index contributed by atoms with van der Waals surface area (Å²) in [6, 6.07) is 1.51. The number of carbonyl (C=O) groups excluding carboxylic acids is 1. The largest absolute Gasteiger partial charge is 0.478 e. The van der Waals surface area contributed by atoms with Crippen molar-refractivity contribution in [3.63, 3.8) is 0 Å². The first-order chi connectivity index (χ1) is 9.00. The Labute approximate surface area is 112 Å². The molecule has 2 heterocycles. The number of carboxylic acid groups (broad SMARTS) is 1. The molecule has 0 bridgehead atoms. The molecule has 2 rings (SSSR count). The normalized spacial score (nSPS) is 19.7. The number of hydrogen-bond donors (Lipinski definition) is 1. The van der Waals surface area contributed by atoms with Gasteiger partial charge in [-0.3, -0.25) is 4.79 Å². The summed E-state index contributed by atoms with van der Waals surface area (Å²) in [5.74, 6) is -0.782. The summed E-state index contributed by atoms with van der Waals surface area (Å²) in [6.45, 7) is 4.91. The average molecular weight is 265 g/mol. The van der Waals surface area contributed by atoms with Gasteiger partial charge in [0.2, 0.25) is 0 Å². The maximum absolute atomic E-state index is 12.4. The minimum Gasteiger partial charge on any atom is -0.478 e. The Morgan fingerprint density at radius 3 is 2.74 bits per heavy atom. The number of amides is 1. The van der Waals surface area contributed by atoms with E-state index in [-0.39, 0.29) is 23.3 Å². The van der Waals surface area contributed by atoms with Crippen LogP contribution in [0.1, 0.15) is 54.0 Å². The van der Waals surface area contributed by atoms with E-state index in [2.05, 4.69) is 13.8 Å². The van der Waals surface area contributed by atoms with Crippen molar-refractivity contribution >= 4 is 11.9 Å². The number of carboxylic acids is 1. The number of likely N-dealkylation sites (tertiary alicyclic amines) is 1. The first kappa shape index (κ1) is 13.6. The molecule has 5 heteroatoms. The van der Waals surface area contributed by atoms with Gasteiger partial charge in [-0.2, -0.15) is 0 Å². The maximum atomic E-state index is 12.4. The smallest absolute Gasteiger partial charge is 0.338 e. The molecule has 1 aliphatic rings. The van der Waals surface area contributed by atoms with Crippen molar-refractivity contribution in [2.24, 2.45) is 5.92 Å². The van der Waals surface area contributed by atoms with E-state index in [1.54, 1.807) is 0 Å². The first-order valence-corrected chi connectivity index (χ1v) is 6.63. The molecule has 1 amide bonds. The summed E-state index contributed by atoms with van der Waals surface area (Å²) in [5.41, 5.74) is 0.0152. The Kier molecular flexibility index (Phi) is 3.93. The number of aromatic carboxylic acids is 1. The van der Waals surface area contributed by atoms with Crippen LogP contribution in [0.4, 0.5) is 0 Å². The fourth-order valence-electron chi connectivity index (χ4n) is 2.60. The van der Waals surface area contributed by atoms with Crippen molar-refractivity contribution in [3.05, 3.63) is 23.7 Å². The van der Waals surface area contributed by atoms with Crippen LogP contribution in [0.25, 0.3) is 0 Å². The van der Waals surface area contributed by atoms with Crippen molar-refractivity contribution in [1.29, 1.82) is 0 Å². The van der Waals surface area contributed by atoms with Gasteiger partial charge < -0.3 is 14.4 Å². The molecular formula is C14H19NO4. The highest BCUT2D eigenvalue weighted by Gasteiger charge is 2.31. The zero-order valence-electron chi connectivity index (χ0n) is 11.3. The summed E-state index contributed by atoms with van der Waals surface area (Å²) in [7, 11) is 0. The van der Waals surface area contributed by atoms with E-state index < -0.39 is 5.97 Å². The van der Waals surface area contributed by atoms with E-state index in [1.807, 2.05) is 4.90 Å². The van der Waals surface area contributed by atoms with Crippen molar-refractivity contribution in [2.45, 2.75) is 39.2 Å². The minimum atomic E-state index is -1.08. The second kappa shape index (κ2) is 5.47. The third kappa shape index (κ3) is 2.80. The topological polar surface area (TPSA) is 70.8 Å². The highest BCUT2D eigenvalue weighted by molar-refractivity contribution is 5.95. The molecule has 0 aliphatic carbocycles. The van der Waals surface area contributed by atoms with Crippen LogP contribution in [0, 0.1) is 5.92 Å². The van der Waals surface area contributed by atoms with Crippen LogP contribution >= 0.6 is 0 Å². The van der Waals surface area contributed by atoms with Crippen LogP contribution in [-0.4, -0.2) is 34.5 Å². The van der Waals surface area contributed by atoms with Gasteiger partial charge in [-0.25, -0.2) is 4.79 Å². The van der Waals surface area contributed by atoms with Crippen LogP contribution in [0.3, 0.4) is 0 Å². The van der Waals surface area contributed by atoms with Crippen LogP contribution in [-0.2, 0) is 0 Å². The van der Waals surface area contributed by atoms with Crippen LogP contribution in [0.5, 0.6) is 0 Å². The number of furan rings is 1. The minimum absolute atomic E-state index is 0.0152. The molecule has 19 heavy (non-hydrogen) atoms. The average Bonchev–Trinajstić information content (AvgIpc) is 2.87. The molecule has 1 aliphatic heterocycles. The molecule has 1 aromatic heterocycles. The third-order valence-corrected chi connectivity index (χ3v) is 3.64. The quantitative estimate of drug-likeness (QED) is 0.912.